The Morgan fingerprint density at radius 1 is 0.957 bits per heavy atom. The summed E-state index contributed by atoms with van der Waals surface area (Å²) in [6.45, 7) is 7.20. The maximum atomic E-state index is 12.4. The lowest BCUT2D eigenvalue weighted by molar-refractivity contribution is 0.0772. The molecular weight excluding hydrogens is 288 g/mol. The van der Waals surface area contributed by atoms with Crippen LogP contribution < -0.4 is 5.32 Å². The minimum absolute atomic E-state index is 0.0264. The molecule has 4 nitrogen and oxygen atoms in total. The molecule has 0 unspecified atom stereocenters. The minimum atomic E-state index is -0.183. The molecule has 120 valence electrons. The van der Waals surface area contributed by atoms with Crippen LogP contribution in [0.1, 0.15) is 40.1 Å². The van der Waals surface area contributed by atoms with E-state index in [1.807, 2.05) is 32.9 Å². The first-order valence-electron chi connectivity index (χ1n) is 7.82. The number of benzene rings is 2. The molecule has 2 aromatic carbocycles. The molecule has 1 N–H and O–H groups in total. The van der Waals surface area contributed by atoms with Crippen LogP contribution in [-0.4, -0.2) is 29.8 Å². The van der Waals surface area contributed by atoms with Crippen molar-refractivity contribution in [1.29, 1.82) is 0 Å². The number of hydrogen-bond acceptors (Lipinski definition) is 2. The van der Waals surface area contributed by atoms with E-state index in [1.54, 1.807) is 41.3 Å². The molecule has 0 fully saturated rings. The molecule has 0 aliphatic heterocycles. The molecule has 0 aliphatic rings. The van der Waals surface area contributed by atoms with Gasteiger partial charge in [0, 0.05) is 29.9 Å². The lowest BCUT2D eigenvalue weighted by Crippen LogP contribution is -2.30. The van der Waals surface area contributed by atoms with Gasteiger partial charge < -0.3 is 10.2 Å². The number of carbonyl (C=O) groups is 2. The van der Waals surface area contributed by atoms with Crippen molar-refractivity contribution in [2.45, 2.75) is 20.8 Å². The van der Waals surface area contributed by atoms with E-state index >= 15 is 0 Å². The van der Waals surface area contributed by atoms with Crippen molar-refractivity contribution >= 4 is 17.5 Å². The number of nitrogens with zero attached hydrogens (tertiary/aromatic N) is 1. The van der Waals surface area contributed by atoms with Crippen LogP contribution in [-0.2, 0) is 0 Å². The third-order valence-corrected chi connectivity index (χ3v) is 3.73. The van der Waals surface area contributed by atoms with Gasteiger partial charge in [-0.15, -0.1) is 0 Å². The first-order chi connectivity index (χ1) is 11.0. The number of hydrogen-bond donors (Lipinski definition) is 1. The Kier molecular flexibility index (Phi) is 5.52. The second kappa shape index (κ2) is 7.58. The zero-order chi connectivity index (χ0) is 16.8. The van der Waals surface area contributed by atoms with Crippen LogP contribution >= 0.6 is 0 Å². The molecule has 23 heavy (non-hydrogen) atoms. The summed E-state index contributed by atoms with van der Waals surface area (Å²) in [5, 5.41) is 2.84. The minimum Gasteiger partial charge on any atom is -0.339 e. The normalized spacial score (nSPS) is 10.2. The summed E-state index contributed by atoms with van der Waals surface area (Å²) in [6, 6.07) is 14.4. The summed E-state index contributed by atoms with van der Waals surface area (Å²) in [6.07, 6.45) is 0. The molecule has 0 bridgehead atoms. The van der Waals surface area contributed by atoms with E-state index in [9.17, 15) is 9.59 Å². The number of rotatable bonds is 5. The predicted octanol–water partition coefficient (Wildman–Crippen LogP) is 3.73. The Bertz CT molecular complexity index is 689. The summed E-state index contributed by atoms with van der Waals surface area (Å²) < 4.78 is 0. The van der Waals surface area contributed by atoms with Crippen molar-refractivity contribution in [3.05, 3.63) is 65.2 Å². The van der Waals surface area contributed by atoms with Crippen molar-refractivity contribution < 1.29 is 9.59 Å². The van der Waals surface area contributed by atoms with Crippen LogP contribution in [0.15, 0.2) is 48.5 Å². The fourth-order valence-corrected chi connectivity index (χ4v) is 2.33. The summed E-state index contributed by atoms with van der Waals surface area (Å²) >= 11 is 0. The molecule has 0 atom stereocenters. The second-order valence-corrected chi connectivity index (χ2v) is 5.38. The highest BCUT2D eigenvalue weighted by Gasteiger charge is 2.13. The van der Waals surface area contributed by atoms with Gasteiger partial charge in [0.15, 0.2) is 0 Å². The van der Waals surface area contributed by atoms with Gasteiger partial charge in [0.05, 0.1) is 0 Å². The van der Waals surface area contributed by atoms with Crippen LogP contribution in [0.3, 0.4) is 0 Å². The van der Waals surface area contributed by atoms with Gasteiger partial charge in [-0.05, 0) is 51.1 Å². The first kappa shape index (κ1) is 16.7. The van der Waals surface area contributed by atoms with Gasteiger partial charge in [-0.1, -0.05) is 23.8 Å². The smallest absolute Gasteiger partial charge is 0.255 e. The van der Waals surface area contributed by atoms with E-state index in [0.29, 0.717) is 29.9 Å². The van der Waals surface area contributed by atoms with Crippen LogP contribution in [0.4, 0.5) is 5.69 Å². The zero-order valence-electron chi connectivity index (χ0n) is 13.8. The summed E-state index contributed by atoms with van der Waals surface area (Å²) in [5.74, 6) is -0.209. The van der Waals surface area contributed by atoms with Gasteiger partial charge in [-0.25, -0.2) is 0 Å². The molecule has 4 heteroatoms. The molecular formula is C19H22N2O2. The highest BCUT2D eigenvalue weighted by molar-refractivity contribution is 6.05. The Morgan fingerprint density at radius 3 is 2.22 bits per heavy atom. The lowest BCUT2D eigenvalue weighted by Gasteiger charge is -2.19. The largest absolute Gasteiger partial charge is 0.339 e. The van der Waals surface area contributed by atoms with E-state index in [2.05, 4.69) is 5.32 Å². The van der Waals surface area contributed by atoms with Crippen molar-refractivity contribution in [1.82, 2.24) is 4.90 Å². The Labute approximate surface area is 137 Å². The Hall–Kier alpha value is -2.62. The third-order valence-electron chi connectivity index (χ3n) is 3.73. The molecule has 2 amide bonds. The van der Waals surface area contributed by atoms with E-state index in [0.717, 1.165) is 5.56 Å². The van der Waals surface area contributed by atoms with Gasteiger partial charge in [-0.3, -0.25) is 9.59 Å². The van der Waals surface area contributed by atoms with Gasteiger partial charge >= 0.3 is 0 Å². The average molecular weight is 310 g/mol. The second-order valence-electron chi connectivity index (χ2n) is 5.38. The highest BCUT2D eigenvalue weighted by Crippen LogP contribution is 2.14. The summed E-state index contributed by atoms with van der Waals surface area (Å²) in [7, 11) is 0. The number of carbonyl (C=O) groups excluding carboxylic acids is 2. The lowest BCUT2D eigenvalue weighted by atomic mass is 10.1. The monoisotopic (exact) mass is 310 g/mol. The van der Waals surface area contributed by atoms with E-state index in [1.165, 1.54) is 0 Å². The number of amides is 2. The number of anilines is 1. The first-order valence-corrected chi connectivity index (χ1v) is 7.82. The van der Waals surface area contributed by atoms with Crippen molar-refractivity contribution in [2.24, 2.45) is 0 Å². The van der Waals surface area contributed by atoms with Crippen LogP contribution in [0, 0.1) is 6.92 Å². The average Bonchev–Trinajstić information content (AvgIpc) is 2.56. The van der Waals surface area contributed by atoms with E-state index in [4.69, 9.17) is 0 Å². The molecule has 0 saturated heterocycles. The molecule has 0 aromatic heterocycles. The predicted molar refractivity (Wildman–Crippen MR) is 92.8 cm³/mol. The van der Waals surface area contributed by atoms with Crippen LogP contribution in [0.5, 0.6) is 0 Å². The van der Waals surface area contributed by atoms with Gasteiger partial charge in [-0.2, -0.15) is 0 Å². The highest BCUT2D eigenvalue weighted by atomic mass is 16.2. The zero-order valence-corrected chi connectivity index (χ0v) is 13.8. The molecule has 0 heterocycles. The summed E-state index contributed by atoms with van der Waals surface area (Å²) in [5.41, 5.74) is 2.90. The Balaban J connectivity index is 2.15. The molecule has 0 aliphatic carbocycles. The number of aryl methyl sites for hydroxylation is 1. The fourth-order valence-electron chi connectivity index (χ4n) is 2.33. The maximum absolute atomic E-state index is 12.4. The van der Waals surface area contributed by atoms with Crippen molar-refractivity contribution in [3.8, 4) is 0 Å². The van der Waals surface area contributed by atoms with Crippen molar-refractivity contribution in [3.63, 3.8) is 0 Å². The van der Waals surface area contributed by atoms with Gasteiger partial charge in [0.25, 0.3) is 11.8 Å². The maximum Gasteiger partial charge on any atom is 0.255 e. The summed E-state index contributed by atoms with van der Waals surface area (Å²) in [4.78, 5) is 26.4. The topological polar surface area (TPSA) is 49.4 Å². The fraction of sp³-hybridized carbons (Fsp3) is 0.263. The van der Waals surface area contributed by atoms with Gasteiger partial charge in [0.2, 0.25) is 0 Å². The third kappa shape index (κ3) is 4.19. The molecule has 2 aromatic rings. The molecule has 2 rings (SSSR count). The molecule has 0 spiro atoms. The van der Waals surface area contributed by atoms with Crippen LogP contribution in [0.25, 0.3) is 0 Å². The van der Waals surface area contributed by atoms with E-state index < -0.39 is 0 Å². The van der Waals surface area contributed by atoms with E-state index in [-0.39, 0.29) is 11.8 Å². The standard InChI is InChI=1S/C19H22N2O2/c1-4-21(5-2)19(23)16-7-6-8-17(13-16)20-18(22)15-11-9-14(3)10-12-15/h6-13H,4-5H2,1-3H3,(H,20,22). The van der Waals surface area contributed by atoms with Gasteiger partial charge in [0.1, 0.15) is 0 Å². The quantitative estimate of drug-likeness (QED) is 0.915. The van der Waals surface area contributed by atoms with Crippen LogP contribution in [0.2, 0.25) is 0 Å². The number of nitrogens with one attached hydrogen (secondary N) is 1. The Morgan fingerprint density at radius 2 is 1.61 bits per heavy atom. The molecule has 0 saturated carbocycles. The SMILES string of the molecule is CCN(CC)C(=O)c1cccc(NC(=O)c2ccc(C)cc2)c1. The van der Waals surface area contributed by atoms with Crippen molar-refractivity contribution in [2.75, 3.05) is 18.4 Å². The molecule has 0 radical (unpaired) electrons.